The van der Waals surface area contributed by atoms with Crippen molar-refractivity contribution >= 4 is 0 Å². The van der Waals surface area contributed by atoms with E-state index in [1.807, 2.05) is 0 Å². The van der Waals surface area contributed by atoms with Gasteiger partial charge in [-0.1, -0.05) is 30.3 Å². The molecule has 2 N–H and O–H groups in total. The average molecular weight is 246 g/mol. The van der Waals surface area contributed by atoms with Gasteiger partial charge in [0.05, 0.1) is 0 Å². The van der Waals surface area contributed by atoms with E-state index in [2.05, 4.69) is 42.3 Å². The largest absolute Gasteiger partial charge is 0.330 e. The van der Waals surface area contributed by atoms with Crippen molar-refractivity contribution in [3.05, 3.63) is 35.9 Å². The molecule has 1 aliphatic carbocycles. The van der Waals surface area contributed by atoms with E-state index < -0.39 is 0 Å². The van der Waals surface area contributed by atoms with Gasteiger partial charge < -0.3 is 10.6 Å². The van der Waals surface area contributed by atoms with Crippen LogP contribution in [0.3, 0.4) is 0 Å². The van der Waals surface area contributed by atoms with Gasteiger partial charge in [0.1, 0.15) is 0 Å². The molecule has 1 saturated carbocycles. The summed E-state index contributed by atoms with van der Waals surface area (Å²) in [5.74, 6) is 0.783. The van der Waals surface area contributed by atoms with Gasteiger partial charge >= 0.3 is 0 Å². The highest BCUT2D eigenvalue weighted by atomic mass is 15.1. The molecule has 0 aromatic heterocycles. The van der Waals surface area contributed by atoms with E-state index in [0.29, 0.717) is 0 Å². The Bertz CT molecular complexity index is 328. The maximum atomic E-state index is 5.58. The predicted octanol–water partition coefficient (Wildman–Crippen LogP) is 2.99. The Morgan fingerprint density at radius 2 is 1.78 bits per heavy atom. The third-order valence-corrected chi connectivity index (χ3v) is 4.31. The smallest absolute Gasteiger partial charge is 0.00926 e. The van der Waals surface area contributed by atoms with Crippen molar-refractivity contribution in [3.63, 3.8) is 0 Å². The van der Waals surface area contributed by atoms with E-state index in [0.717, 1.165) is 31.5 Å². The van der Waals surface area contributed by atoms with E-state index in [1.54, 1.807) is 0 Å². The molecule has 0 atom stereocenters. The second-order valence-electron chi connectivity index (χ2n) is 5.54. The first-order valence-corrected chi connectivity index (χ1v) is 7.26. The molecule has 1 aliphatic rings. The first kappa shape index (κ1) is 13.6. The summed E-state index contributed by atoms with van der Waals surface area (Å²) in [6, 6.07) is 11.8. The van der Waals surface area contributed by atoms with Crippen molar-refractivity contribution in [2.75, 3.05) is 20.1 Å². The van der Waals surface area contributed by atoms with Gasteiger partial charge in [-0.25, -0.2) is 0 Å². The molecule has 2 nitrogen and oxygen atoms in total. The first-order valence-electron chi connectivity index (χ1n) is 7.26. The summed E-state index contributed by atoms with van der Waals surface area (Å²) in [5.41, 5.74) is 7.11. The van der Waals surface area contributed by atoms with Gasteiger partial charge in [-0.3, -0.25) is 0 Å². The minimum absolute atomic E-state index is 0.775. The summed E-state index contributed by atoms with van der Waals surface area (Å²) in [5, 5.41) is 0. The molecule has 0 aliphatic heterocycles. The van der Waals surface area contributed by atoms with Crippen LogP contribution in [0.2, 0.25) is 0 Å². The molecular weight excluding hydrogens is 220 g/mol. The molecule has 1 fully saturated rings. The Morgan fingerprint density at radius 3 is 2.39 bits per heavy atom. The average Bonchev–Trinajstić information content (AvgIpc) is 2.46. The summed E-state index contributed by atoms with van der Waals surface area (Å²) >= 11 is 0. The lowest BCUT2D eigenvalue weighted by Crippen LogP contribution is -2.36. The predicted molar refractivity (Wildman–Crippen MR) is 77.7 cm³/mol. The van der Waals surface area contributed by atoms with E-state index in [9.17, 15) is 0 Å². The highest BCUT2D eigenvalue weighted by Gasteiger charge is 2.24. The van der Waals surface area contributed by atoms with Crippen LogP contribution < -0.4 is 5.73 Å². The zero-order valence-electron chi connectivity index (χ0n) is 11.5. The van der Waals surface area contributed by atoms with Crippen LogP contribution in [0.15, 0.2) is 30.3 Å². The number of hydrogen-bond donors (Lipinski definition) is 1. The van der Waals surface area contributed by atoms with Gasteiger partial charge in [0.15, 0.2) is 0 Å². The number of benzene rings is 1. The van der Waals surface area contributed by atoms with Crippen LogP contribution in [-0.4, -0.2) is 31.1 Å². The number of nitrogens with two attached hydrogens (primary N) is 1. The van der Waals surface area contributed by atoms with Crippen molar-refractivity contribution in [2.45, 2.75) is 44.1 Å². The molecule has 0 unspecified atom stereocenters. The second-order valence-corrected chi connectivity index (χ2v) is 5.54. The van der Waals surface area contributed by atoms with Gasteiger partial charge in [0.2, 0.25) is 0 Å². The molecule has 0 saturated heterocycles. The Hall–Kier alpha value is -0.860. The minimum Gasteiger partial charge on any atom is -0.330 e. The van der Waals surface area contributed by atoms with Crippen LogP contribution in [0.4, 0.5) is 0 Å². The van der Waals surface area contributed by atoms with Crippen molar-refractivity contribution in [1.29, 1.82) is 0 Å². The zero-order chi connectivity index (χ0) is 12.8. The number of rotatable bonds is 5. The van der Waals surface area contributed by atoms with Gasteiger partial charge in [0, 0.05) is 6.04 Å². The summed E-state index contributed by atoms with van der Waals surface area (Å²) in [7, 11) is 2.25. The highest BCUT2D eigenvalue weighted by Crippen LogP contribution is 2.34. The highest BCUT2D eigenvalue weighted by molar-refractivity contribution is 5.20. The monoisotopic (exact) mass is 246 g/mol. The molecule has 0 heterocycles. The molecule has 1 aromatic carbocycles. The Balaban J connectivity index is 1.81. The fourth-order valence-electron chi connectivity index (χ4n) is 3.10. The standard InChI is InChI=1S/C16H26N2/c1-18(13-5-12-17)16-10-8-15(9-11-16)14-6-3-2-4-7-14/h2-4,6-7,15-16H,5,8-13,17H2,1H3. The first-order chi connectivity index (χ1) is 8.81. The van der Waals surface area contributed by atoms with Crippen LogP contribution in [0.25, 0.3) is 0 Å². The lowest BCUT2D eigenvalue weighted by Gasteiger charge is -2.34. The molecular formula is C16H26N2. The molecule has 0 radical (unpaired) electrons. The summed E-state index contributed by atoms with van der Waals surface area (Å²) < 4.78 is 0. The third kappa shape index (κ3) is 3.56. The van der Waals surface area contributed by atoms with Crippen molar-refractivity contribution < 1.29 is 0 Å². The Kier molecular flexibility index (Phi) is 5.21. The molecule has 2 rings (SSSR count). The van der Waals surface area contributed by atoms with Gasteiger partial charge in [-0.15, -0.1) is 0 Å². The number of hydrogen-bond acceptors (Lipinski definition) is 2. The maximum Gasteiger partial charge on any atom is 0.00926 e. The fourth-order valence-corrected chi connectivity index (χ4v) is 3.10. The minimum atomic E-state index is 0.775. The quantitative estimate of drug-likeness (QED) is 0.865. The lowest BCUT2D eigenvalue weighted by molar-refractivity contribution is 0.181. The zero-order valence-corrected chi connectivity index (χ0v) is 11.5. The molecule has 0 amide bonds. The van der Waals surface area contributed by atoms with Crippen molar-refractivity contribution in [1.82, 2.24) is 4.90 Å². The topological polar surface area (TPSA) is 29.3 Å². The molecule has 0 spiro atoms. The molecule has 2 heteroatoms. The fraction of sp³-hybridized carbons (Fsp3) is 0.625. The van der Waals surface area contributed by atoms with Crippen LogP contribution in [-0.2, 0) is 0 Å². The van der Waals surface area contributed by atoms with Crippen LogP contribution in [0.1, 0.15) is 43.6 Å². The molecule has 0 bridgehead atoms. The lowest BCUT2D eigenvalue weighted by atomic mass is 9.81. The van der Waals surface area contributed by atoms with E-state index in [4.69, 9.17) is 5.73 Å². The SMILES string of the molecule is CN(CCCN)C1CCC(c2ccccc2)CC1. The molecule has 100 valence electrons. The van der Waals surface area contributed by atoms with Crippen LogP contribution in [0, 0.1) is 0 Å². The third-order valence-electron chi connectivity index (χ3n) is 4.31. The second kappa shape index (κ2) is 6.91. The Morgan fingerprint density at radius 1 is 1.11 bits per heavy atom. The normalized spacial score (nSPS) is 24.4. The number of nitrogens with zero attached hydrogens (tertiary/aromatic N) is 1. The maximum absolute atomic E-state index is 5.58. The summed E-state index contributed by atoms with van der Waals surface area (Å²) in [6.07, 6.45) is 6.46. The van der Waals surface area contributed by atoms with Crippen LogP contribution in [0.5, 0.6) is 0 Å². The summed E-state index contributed by atoms with van der Waals surface area (Å²) in [6.45, 7) is 1.96. The van der Waals surface area contributed by atoms with E-state index >= 15 is 0 Å². The van der Waals surface area contributed by atoms with Gasteiger partial charge in [0.25, 0.3) is 0 Å². The van der Waals surface area contributed by atoms with Gasteiger partial charge in [-0.2, -0.15) is 0 Å². The molecule has 1 aromatic rings. The van der Waals surface area contributed by atoms with E-state index in [-0.39, 0.29) is 0 Å². The van der Waals surface area contributed by atoms with Crippen LogP contribution >= 0.6 is 0 Å². The molecule has 18 heavy (non-hydrogen) atoms. The van der Waals surface area contributed by atoms with Crippen molar-refractivity contribution in [2.24, 2.45) is 5.73 Å². The van der Waals surface area contributed by atoms with E-state index in [1.165, 1.54) is 31.2 Å². The van der Waals surface area contributed by atoms with Gasteiger partial charge in [-0.05, 0) is 63.7 Å². The van der Waals surface area contributed by atoms with Crippen molar-refractivity contribution in [3.8, 4) is 0 Å². The Labute approximate surface area is 111 Å². The summed E-state index contributed by atoms with van der Waals surface area (Å²) in [4.78, 5) is 2.51.